The number of hydrogen-bond acceptors (Lipinski definition) is 2. The van der Waals surface area contributed by atoms with Crippen LogP contribution in [0.15, 0.2) is 54.6 Å². The molecule has 0 bridgehead atoms. The van der Waals surface area contributed by atoms with Gasteiger partial charge in [0.25, 0.3) is 0 Å². The Morgan fingerprint density at radius 2 is 1.60 bits per heavy atom. The van der Waals surface area contributed by atoms with Crippen molar-refractivity contribution in [1.29, 1.82) is 0 Å². The van der Waals surface area contributed by atoms with Gasteiger partial charge in [-0.25, -0.2) is 4.39 Å². The fraction of sp³-hybridized carbons (Fsp3) is 0.294. The van der Waals surface area contributed by atoms with E-state index in [0.717, 1.165) is 38.3 Å². The van der Waals surface area contributed by atoms with Gasteiger partial charge in [-0.3, -0.25) is 4.90 Å². The van der Waals surface area contributed by atoms with Gasteiger partial charge in [0.15, 0.2) is 0 Å². The smallest absolute Gasteiger partial charge is 0.123 e. The zero-order chi connectivity index (χ0) is 13.8. The van der Waals surface area contributed by atoms with Crippen molar-refractivity contribution >= 4 is 5.69 Å². The third-order valence-electron chi connectivity index (χ3n) is 3.79. The minimum absolute atomic E-state index is 0.148. The van der Waals surface area contributed by atoms with E-state index in [1.807, 2.05) is 12.1 Å². The first-order valence-corrected chi connectivity index (χ1v) is 7.08. The second kappa shape index (κ2) is 6.06. The topological polar surface area (TPSA) is 6.48 Å². The van der Waals surface area contributed by atoms with Gasteiger partial charge in [-0.1, -0.05) is 30.3 Å². The Morgan fingerprint density at radius 1 is 0.850 bits per heavy atom. The number of hydrogen-bond donors (Lipinski definition) is 0. The van der Waals surface area contributed by atoms with Gasteiger partial charge in [-0.2, -0.15) is 0 Å². The quantitative estimate of drug-likeness (QED) is 0.845. The summed E-state index contributed by atoms with van der Waals surface area (Å²) in [6, 6.07) is 17.4. The van der Waals surface area contributed by atoms with Crippen molar-refractivity contribution in [2.75, 3.05) is 31.1 Å². The lowest BCUT2D eigenvalue weighted by Gasteiger charge is -2.36. The Hall–Kier alpha value is -1.87. The number of nitrogens with zero attached hydrogens (tertiary/aromatic N) is 2. The molecule has 2 nitrogen and oxygen atoms in total. The van der Waals surface area contributed by atoms with Crippen LogP contribution in [0, 0.1) is 5.82 Å². The average Bonchev–Trinajstić information content (AvgIpc) is 2.49. The Morgan fingerprint density at radius 3 is 2.30 bits per heavy atom. The molecule has 0 spiro atoms. The van der Waals surface area contributed by atoms with Crippen LogP contribution in [0.2, 0.25) is 0 Å². The van der Waals surface area contributed by atoms with E-state index in [1.54, 1.807) is 12.1 Å². The van der Waals surface area contributed by atoms with E-state index in [1.165, 1.54) is 11.8 Å². The second-order valence-corrected chi connectivity index (χ2v) is 5.23. The van der Waals surface area contributed by atoms with E-state index < -0.39 is 0 Å². The Kier molecular flexibility index (Phi) is 3.97. The molecule has 104 valence electrons. The fourth-order valence-corrected chi connectivity index (χ4v) is 2.70. The second-order valence-electron chi connectivity index (χ2n) is 5.23. The van der Waals surface area contributed by atoms with E-state index in [2.05, 4.69) is 34.1 Å². The Balaban J connectivity index is 1.56. The molecule has 1 heterocycles. The maximum atomic E-state index is 13.2. The Bertz CT molecular complexity index is 548. The van der Waals surface area contributed by atoms with Crippen LogP contribution in [0.3, 0.4) is 0 Å². The molecule has 1 aliphatic rings. The zero-order valence-electron chi connectivity index (χ0n) is 11.5. The molecule has 2 aromatic rings. The molecule has 1 saturated heterocycles. The van der Waals surface area contributed by atoms with Crippen molar-refractivity contribution in [2.45, 2.75) is 6.54 Å². The monoisotopic (exact) mass is 270 g/mol. The normalized spacial score (nSPS) is 16.4. The predicted molar refractivity (Wildman–Crippen MR) is 80.3 cm³/mol. The minimum Gasteiger partial charge on any atom is -0.369 e. The molecule has 1 fully saturated rings. The maximum absolute atomic E-state index is 13.2. The predicted octanol–water partition coefficient (Wildman–Crippen LogP) is 3.15. The van der Waals surface area contributed by atoms with Gasteiger partial charge < -0.3 is 4.90 Å². The van der Waals surface area contributed by atoms with E-state index in [-0.39, 0.29) is 5.82 Å². The summed E-state index contributed by atoms with van der Waals surface area (Å²) in [4.78, 5) is 4.79. The SMILES string of the molecule is Fc1cccc(CN2CCN(c3ccccc3)CC2)c1. The summed E-state index contributed by atoms with van der Waals surface area (Å²) >= 11 is 0. The van der Waals surface area contributed by atoms with Crippen LogP contribution in [0.1, 0.15) is 5.56 Å². The summed E-state index contributed by atoms with van der Waals surface area (Å²) in [6.45, 7) is 4.93. The van der Waals surface area contributed by atoms with Crippen LogP contribution in [0.25, 0.3) is 0 Å². The molecular formula is C17H19FN2. The van der Waals surface area contributed by atoms with E-state index in [0.29, 0.717) is 0 Å². The first-order valence-electron chi connectivity index (χ1n) is 7.08. The van der Waals surface area contributed by atoms with Crippen LogP contribution in [-0.2, 0) is 6.54 Å². The number of piperazine rings is 1. The zero-order valence-corrected chi connectivity index (χ0v) is 11.5. The molecule has 0 saturated carbocycles. The first kappa shape index (κ1) is 13.1. The molecule has 0 unspecified atom stereocenters. The number of benzene rings is 2. The highest BCUT2D eigenvalue weighted by Crippen LogP contribution is 2.16. The number of anilines is 1. The highest BCUT2D eigenvalue weighted by atomic mass is 19.1. The molecule has 0 aliphatic carbocycles. The van der Waals surface area contributed by atoms with Gasteiger partial charge >= 0.3 is 0 Å². The summed E-state index contributed by atoms with van der Waals surface area (Å²) in [5.41, 5.74) is 2.34. The lowest BCUT2D eigenvalue weighted by Crippen LogP contribution is -2.45. The molecular weight excluding hydrogens is 251 g/mol. The van der Waals surface area contributed by atoms with Crippen molar-refractivity contribution in [3.63, 3.8) is 0 Å². The molecule has 1 aliphatic heterocycles. The van der Waals surface area contributed by atoms with Crippen LogP contribution < -0.4 is 4.90 Å². The molecule has 0 amide bonds. The summed E-state index contributed by atoms with van der Waals surface area (Å²) in [7, 11) is 0. The van der Waals surface area contributed by atoms with Gasteiger partial charge in [0.2, 0.25) is 0 Å². The largest absolute Gasteiger partial charge is 0.369 e. The third-order valence-corrected chi connectivity index (χ3v) is 3.79. The fourth-order valence-electron chi connectivity index (χ4n) is 2.70. The van der Waals surface area contributed by atoms with Crippen molar-refractivity contribution in [3.8, 4) is 0 Å². The van der Waals surface area contributed by atoms with Crippen molar-refractivity contribution in [2.24, 2.45) is 0 Å². The molecule has 3 rings (SSSR count). The van der Waals surface area contributed by atoms with Crippen molar-refractivity contribution < 1.29 is 4.39 Å². The number of para-hydroxylation sites is 1. The maximum Gasteiger partial charge on any atom is 0.123 e. The lowest BCUT2D eigenvalue weighted by atomic mass is 10.2. The molecule has 0 radical (unpaired) electrons. The minimum atomic E-state index is -0.148. The highest BCUT2D eigenvalue weighted by Gasteiger charge is 2.17. The van der Waals surface area contributed by atoms with Gasteiger partial charge in [-0.15, -0.1) is 0 Å². The van der Waals surface area contributed by atoms with Gasteiger partial charge in [0, 0.05) is 38.4 Å². The van der Waals surface area contributed by atoms with Crippen LogP contribution in [-0.4, -0.2) is 31.1 Å². The summed E-state index contributed by atoms with van der Waals surface area (Å²) < 4.78 is 13.2. The van der Waals surface area contributed by atoms with Crippen LogP contribution in [0.5, 0.6) is 0 Å². The van der Waals surface area contributed by atoms with Crippen LogP contribution >= 0.6 is 0 Å². The third kappa shape index (κ3) is 3.17. The average molecular weight is 270 g/mol. The van der Waals surface area contributed by atoms with Gasteiger partial charge in [-0.05, 0) is 29.8 Å². The molecule has 3 heteroatoms. The molecule has 2 aromatic carbocycles. The molecule has 0 N–H and O–H groups in total. The van der Waals surface area contributed by atoms with Gasteiger partial charge in [0.1, 0.15) is 5.82 Å². The number of halogens is 1. The van der Waals surface area contributed by atoms with Crippen molar-refractivity contribution in [1.82, 2.24) is 4.90 Å². The van der Waals surface area contributed by atoms with E-state index in [9.17, 15) is 4.39 Å². The summed E-state index contributed by atoms with van der Waals surface area (Å²) in [6.07, 6.45) is 0. The highest BCUT2D eigenvalue weighted by molar-refractivity contribution is 5.46. The van der Waals surface area contributed by atoms with Crippen LogP contribution in [0.4, 0.5) is 10.1 Å². The lowest BCUT2D eigenvalue weighted by molar-refractivity contribution is 0.249. The summed E-state index contributed by atoms with van der Waals surface area (Å²) in [5, 5.41) is 0. The van der Waals surface area contributed by atoms with E-state index in [4.69, 9.17) is 0 Å². The first-order chi connectivity index (χ1) is 9.81. The van der Waals surface area contributed by atoms with Crippen molar-refractivity contribution in [3.05, 3.63) is 66.0 Å². The van der Waals surface area contributed by atoms with Gasteiger partial charge in [0.05, 0.1) is 0 Å². The summed E-state index contributed by atoms with van der Waals surface area (Å²) in [5.74, 6) is -0.148. The number of rotatable bonds is 3. The Labute approximate surface area is 119 Å². The molecule has 20 heavy (non-hydrogen) atoms. The van der Waals surface area contributed by atoms with E-state index >= 15 is 0 Å². The standard InChI is InChI=1S/C17H19FN2/c18-16-6-4-5-15(13-16)14-19-9-11-20(12-10-19)17-7-2-1-3-8-17/h1-8,13H,9-12,14H2. The molecule has 0 atom stereocenters. The molecule has 0 aromatic heterocycles.